The van der Waals surface area contributed by atoms with Gasteiger partial charge in [0.1, 0.15) is 18.2 Å². The second-order valence-corrected chi connectivity index (χ2v) is 6.95. The van der Waals surface area contributed by atoms with Gasteiger partial charge in [0.25, 0.3) is 0 Å². The molecule has 2 heterocycles. The maximum atomic E-state index is 12.1. The predicted molar refractivity (Wildman–Crippen MR) is 98.3 cm³/mol. The lowest BCUT2D eigenvalue weighted by Crippen LogP contribution is -2.39. The van der Waals surface area contributed by atoms with Crippen molar-refractivity contribution in [2.45, 2.75) is 24.7 Å². The number of hydrogen-bond donors (Lipinski definition) is 2. The van der Waals surface area contributed by atoms with Crippen molar-refractivity contribution in [2.75, 3.05) is 17.8 Å². The Balaban J connectivity index is 1.37. The van der Waals surface area contributed by atoms with Gasteiger partial charge in [0.05, 0.1) is 6.20 Å². The van der Waals surface area contributed by atoms with Crippen LogP contribution in [0.15, 0.2) is 48.7 Å². The molecule has 7 heteroatoms. The Bertz CT molecular complexity index is 674. The molecular weight excluding hydrogens is 338 g/mol. The van der Waals surface area contributed by atoms with Crippen molar-refractivity contribution in [3.05, 3.63) is 54.2 Å². The van der Waals surface area contributed by atoms with Gasteiger partial charge in [0.2, 0.25) is 0 Å². The number of nitrogens with one attached hydrogen (secondary N) is 1. The molecule has 0 atom stereocenters. The first-order valence-electron chi connectivity index (χ1n) is 8.23. The third kappa shape index (κ3) is 5.29. The molecule has 1 aromatic carbocycles. The van der Waals surface area contributed by atoms with E-state index in [4.69, 9.17) is 4.74 Å². The van der Waals surface area contributed by atoms with Gasteiger partial charge >= 0.3 is 6.09 Å². The summed E-state index contributed by atoms with van der Waals surface area (Å²) in [6, 6.07) is 13.0. The maximum absolute atomic E-state index is 12.1. The molecule has 0 saturated carbocycles. The van der Waals surface area contributed by atoms with Crippen molar-refractivity contribution in [1.29, 1.82) is 0 Å². The zero-order valence-electron chi connectivity index (χ0n) is 13.8. The Kier molecular flexibility index (Phi) is 6.00. The van der Waals surface area contributed by atoms with Gasteiger partial charge in [0, 0.05) is 18.3 Å². The lowest BCUT2D eigenvalue weighted by Gasteiger charge is -2.30. The lowest BCUT2D eigenvalue weighted by atomic mass is 10.1. The molecule has 1 saturated heterocycles. The van der Waals surface area contributed by atoms with Gasteiger partial charge in [0.15, 0.2) is 0 Å². The number of carbonyl (C=O) groups is 1. The van der Waals surface area contributed by atoms with Crippen LogP contribution in [0.25, 0.3) is 0 Å². The minimum atomic E-state index is -0.250. The average Bonchev–Trinajstić information content (AvgIpc) is 2.67. The monoisotopic (exact) mass is 359 g/mol. The standard InChI is InChI=1S/C18H21N3O3S/c22-15-6-7-17(19-12-15)20-25-16-8-10-21(11-9-16)18(23)24-13-14-4-2-1-3-5-14/h1-7,12,16,22H,8-11,13H2,(H,19,20). The number of anilines is 1. The Labute approximate surface area is 151 Å². The highest BCUT2D eigenvalue weighted by Gasteiger charge is 2.24. The SMILES string of the molecule is O=C(OCc1ccccc1)N1CCC(SNc2ccc(O)cn2)CC1. The van der Waals surface area contributed by atoms with Crippen molar-refractivity contribution in [1.82, 2.24) is 9.88 Å². The summed E-state index contributed by atoms with van der Waals surface area (Å²) in [5.74, 6) is 0.866. The Morgan fingerprint density at radius 3 is 2.68 bits per heavy atom. The Morgan fingerprint density at radius 2 is 2.00 bits per heavy atom. The van der Waals surface area contributed by atoms with Gasteiger partial charge in [-0.05, 0) is 42.5 Å². The molecule has 0 unspecified atom stereocenters. The van der Waals surface area contributed by atoms with Gasteiger partial charge in [-0.15, -0.1) is 0 Å². The normalized spacial score (nSPS) is 15.0. The number of aromatic nitrogens is 1. The number of carbonyl (C=O) groups excluding carboxylic acids is 1. The summed E-state index contributed by atoms with van der Waals surface area (Å²) in [6.07, 6.45) is 2.96. The van der Waals surface area contributed by atoms with Gasteiger partial charge in [-0.2, -0.15) is 0 Å². The van der Waals surface area contributed by atoms with Crippen LogP contribution in [0, 0.1) is 0 Å². The molecule has 2 N–H and O–H groups in total. The van der Waals surface area contributed by atoms with Gasteiger partial charge in [-0.25, -0.2) is 9.78 Å². The smallest absolute Gasteiger partial charge is 0.410 e. The lowest BCUT2D eigenvalue weighted by molar-refractivity contribution is 0.0901. The molecule has 3 rings (SSSR count). The summed E-state index contributed by atoms with van der Waals surface area (Å²) in [5, 5.41) is 9.64. The highest BCUT2D eigenvalue weighted by atomic mass is 32.2. The maximum Gasteiger partial charge on any atom is 0.410 e. The molecule has 0 radical (unpaired) electrons. The van der Waals surface area contributed by atoms with Crippen LogP contribution in [-0.4, -0.2) is 39.4 Å². The van der Waals surface area contributed by atoms with E-state index in [0.29, 0.717) is 30.8 Å². The van der Waals surface area contributed by atoms with Gasteiger partial charge in [-0.3, -0.25) is 0 Å². The van der Waals surface area contributed by atoms with Gasteiger partial charge in [-0.1, -0.05) is 30.3 Å². The van der Waals surface area contributed by atoms with E-state index in [9.17, 15) is 9.90 Å². The van der Waals surface area contributed by atoms with Crippen LogP contribution in [-0.2, 0) is 11.3 Å². The van der Waals surface area contributed by atoms with E-state index in [-0.39, 0.29) is 11.8 Å². The minimum absolute atomic E-state index is 0.151. The van der Waals surface area contributed by atoms with Crippen LogP contribution >= 0.6 is 11.9 Å². The number of hydrogen-bond acceptors (Lipinski definition) is 6. The first kappa shape index (κ1) is 17.4. The molecule has 25 heavy (non-hydrogen) atoms. The van der Waals surface area contributed by atoms with E-state index in [1.165, 1.54) is 6.20 Å². The summed E-state index contributed by atoms with van der Waals surface area (Å²) < 4.78 is 8.57. The number of likely N-dealkylation sites (tertiary alicyclic amines) is 1. The number of amides is 1. The second-order valence-electron chi connectivity index (χ2n) is 5.85. The first-order chi connectivity index (χ1) is 12.2. The van der Waals surface area contributed by atoms with E-state index in [1.807, 2.05) is 30.3 Å². The molecule has 0 aliphatic carbocycles. The number of nitrogens with zero attached hydrogens (tertiary/aromatic N) is 2. The van der Waals surface area contributed by atoms with Crippen LogP contribution in [0.1, 0.15) is 18.4 Å². The fourth-order valence-corrected chi connectivity index (χ4v) is 3.41. The Hall–Kier alpha value is -2.41. The van der Waals surface area contributed by atoms with Crippen LogP contribution in [0.2, 0.25) is 0 Å². The van der Waals surface area contributed by atoms with Crippen molar-refractivity contribution < 1.29 is 14.6 Å². The zero-order chi connectivity index (χ0) is 17.5. The number of piperidine rings is 1. The molecule has 1 amide bonds. The van der Waals surface area contributed by atoms with Crippen molar-refractivity contribution in [3.63, 3.8) is 0 Å². The van der Waals surface area contributed by atoms with Crippen LogP contribution in [0.5, 0.6) is 5.75 Å². The molecule has 0 spiro atoms. The third-order valence-corrected chi connectivity index (χ3v) is 5.12. The molecule has 2 aromatic rings. The number of benzene rings is 1. The number of pyridine rings is 1. The topological polar surface area (TPSA) is 74.7 Å². The molecular formula is C18H21N3O3S. The first-order valence-corrected chi connectivity index (χ1v) is 9.11. The third-order valence-electron chi connectivity index (χ3n) is 3.98. The molecule has 0 bridgehead atoms. The van der Waals surface area contributed by atoms with E-state index < -0.39 is 0 Å². The van der Waals surface area contributed by atoms with E-state index in [2.05, 4.69) is 9.71 Å². The van der Waals surface area contributed by atoms with Crippen LogP contribution in [0.4, 0.5) is 10.6 Å². The molecule has 1 fully saturated rings. The summed E-state index contributed by atoms with van der Waals surface area (Å²) in [7, 11) is 0. The quantitative estimate of drug-likeness (QED) is 0.794. The molecule has 132 valence electrons. The fourth-order valence-electron chi connectivity index (χ4n) is 2.56. The second kappa shape index (κ2) is 8.62. The van der Waals surface area contributed by atoms with Crippen molar-refractivity contribution in [3.8, 4) is 5.75 Å². The van der Waals surface area contributed by atoms with Crippen molar-refractivity contribution in [2.24, 2.45) is 0 Å². The molecule has 6 nitrogen and oxygen atoms in total. The van der Waals surface area contributed by atoms with Crippen LogP contribution < -0.4 is 4.72 Å². The number of aromatic hydroxyl groups is 1. The summed E-state index contributed by atoms with van der Waals surface area (Å²) in [6.45, 7) is 1.69. The Morgan fingerprint density at radius 1 is 1.24 bits per heavy atom. The van der Waals surface area contributed by atoms with E-state index in [0.717, 1.165) is 18.4 Å². The highest BCUT2D eigenvalue weighted by molar-refractivity contribution is 8.01. The molecule has 1 aromatic heterocycles. The van der Waals surface area contributed by atoms with Gasteiger partial charge < -0.3 is 19.5 Å². The summed E-state index contributed by atoms with van der Waals surface area (Å²) in [4.78, 5) is 18.0. The number of rotatable bonds is 5. The highest BCUT2D eigenvalue weighted by Crippen LogP contribution is 2.25. The molecule has 1 aliphatic heterocycles. The van der Waals surface area contributed by atoms with Crippen LogP contribution in [0.3, 0.4) is 0 Å². The summed E-state index contributed by atoms with van der Waals surface area (Å²) >= 11 is 1.61. The van der Waals surface area contributed by atoms with E-state index >= 15 is 0 Å². The molecule has 1 aliphatic rings. The summed E-state index contributed by atoms with van der Waals surface area (Å²) in [5.41, 5.74) is 0.992. The average molecular weight is 359 g/mol. The van der Waals surface area contributed by atoms with Crippen molar-refractivity contribution >= 4 is 23.9 Å². The fraction of sp³-hybridized carbons (Fsp3) is 0.333. The minimum Gasteiger partial charge on any atom is -0.506 e. The number of ether oxygens (including phenoxy) is 1. The predicted octanol–water partition coefficient (Wildman–Crippen LogP) is 3.65. The van der Waals surface area contributed by atoms with E-state index in [1.54, 1.807) is 29.0 Å². The largest absolute Gasteiger partial charge is 0.506 e. The zero-order valence-corrected chi connectivity index (χ0v) is 14.6.